The fraction of sp³-hybridized carbons (Fsp3) is 0.385. The summed E-state index contributed by atoms with van der Waals surface area (Å²) in [5.41, 5.74) is 6.46. The maximum absolute atomic E-state index is 11.7. The summed E-state index contributed by atoms with van der Waals surface area (Å²) in [7, 11) is 1.61. The molecular weight excluding hydrogens is 246 g/mol. The first kappa shape index (κ1) is 15.1. The highest BCUT2D eigenvalue weighted by molar-refractivity contribution is 5.98. The van der Waals surface area contributed by atoms with Gasteiger partial charge in [-0.25, -0.2) is 0 Å². The van der Waals surface area contributed by atoms with Crippen LogP contribution in [0.3, 0.4) is 0 Å². The van der Waals surface area contributed by atoms with Gasteiger partial charge in [-0.2, -0.15) is 0 Å². The molecule has 0 bridgehead atoms. The maximum atomic E-state index is 11.7. The van der Waals surface area contributed by atoms with Crippen LogP contribution in [0.15, 0.2) is 24.3 Å². The van der Waals surface area contributed by atoms with E-state index < -0.39 is 0 Å². The van der Waals surface area contributed by atoms with E-state index >= 15 is 0 Å². The number of nitrogens with two attached hydrogens (primary N) is 1. The number of benzene rings is 1. The summed E-state index contributed by atoms with van der Waals surface area (Å²) in [4.78, 5) is 11.7. The lowest BCUT2D eigenvalue weighted by Gasteiger charge is -2.06. The predicted octanol–water partition coefficient (Wildman–Crippen LogP) is 0.363. The minimum Gasteiger partial charge on any atom is -0.384 e. The molecule has 1 aromatic carbocycles. The molecule has 0 heterocycles. The minimum atomic E-state index is -0.176. The Balaban J connectivity index is 2.31. The zero-order valence-electron chi connectivity index (χ0n) is 10.9. The lowest BCUT2D eigenvalue weighted by Crippen LogP contribution is -2.27. The molecule has 0 saturated heterocycles. The molecule has 1 aromatic rings. The number of hydrogen-bond acceptors (Lipinski definition) is 4. The number of methoxy groups -OCH3 is 1. The SMILES string of the molecule is COCCOCCNC(=O)c1ccc(C(=N)N)cc1. The molecule has 19 heavy (non-hydrogen) atoms. The van der Waals surface area contributed by atoms with Crippen molar-refractivity contribution in [3.63, 3.8) is 0 Å². The molecule has 1 amide bonds. The van der Waals surface area contributed by atoms with E-state index in [9.17, 15) is 4.79 Å². The second-order valence-electron chi connectivity index (χ2n) is 3.85. The standard InChI is InChI=1S/C13H19N3O3/c1-18-8-9-19-7-6-16-13(17)11-4-2-10(3-5-11)12(14)15/h2-5H,6-9H2,1H3,(H3,14,15)(H,16,17). The van der Waals surface area contributed by atoms with Crippen LogP contribution in [-0.4, -0.2) is 45.2 Å². The summed E-state index contributed by atoms with van der Waals surface area (Å²) in [5, 5.41) is 9.99. The van der Waals surface area contributed by atoms with Crippen molar-refractivity contribution in [2.75, 3.05) is 33.5 Å². The van der Waals surface area contributed by atoms with Crippen LogP contribution in [0.2, 0.25) is 0 Å². The normalized spacial score (nSPS) is 10.2. The quantitative estimate of drug-likeness (QED) is 0.359. The first-order valence-corrected chi connectivity index (χ1v) is 5.94. The van der Waals surface area contributed by atoms with Gasteiger partial charge in [0.25, 0.3) is 5.91 Å². The third kappa shape index (κ3) is 5.50. The van der Waals surface area contributed by atoms with Crippen molar-refractivity contribution in [1.82, 2.24) is 5.32 Å². The molecule has 0 aliphatic rings. The molecule has 0 aromatic heterocycles. The Bertz CT molecular complexity index is 418. The maximum Gasteiger partial charge on any atom is 0.251 e. The van der Waals surface area contributed by atoms with Crippen molar-refractivity contribution in [2.45, 2.75) is 0 Å². The van der Waals surface area contributed by atoms with Crippen molar-refractivity contribution in [3.8, 4) is 0 Å². The number of carbonyl (C=O) groups is 1. The molecular formula is C13H19N3O3. The van der Waals surface area contributed by atoms with Gasteiger partial charge in [0.2, 0.25) is 0 Å². The lowest BCUT2D eigenvalue weighted by atomic mass is 10.1. The topological polar surface area (TPSA) is 97.4 Å². The molecule has 1 rings (SSSR count). The smallest absolute Gasteiger partial charge is 0.251 e. The molecule has 0 aliphatic heterocycles. The van der Waals surface area contributed by atoms with Crippen molar-refractivity contribution < 1.29 is 14.3 Å². The van der Waals surface area contributed by atoms with Gasteiger partial charge in [0.1, 0.15) is 5.84 Å². The van der Waals surface area contributed by atoms with E-state index in [1.54, 1.807) is 31.4 Å². The average molecular weight is 265 g/mol. The van der Waals surface area contributed by atoms with Crippen LogP contribution in [0.5, 0.6) is 0 Å². The van der Waals surface area contributed by atoms with Gasteiger partial charge in [-0.15, -0.1) is 0 Å². The molecule has 0 radical (unpaired) electrons. The Morgan fingerprint density at radius 3 is 2.42 bits per heavy atom. The van der Waals surface area contributed by atoms with Gasteiger partial charge in [-0.05, 0) is 12.1 Å². The minimum absolute atomic E-state index is 0.0153. The Morgan fingerprint density at radius 2 is 1.84 bits per heavy atom. The van der Waals surface area contributed by atoms with Gasteiger partial charge in [0.05, 0.1) is 19.8 Å². The molecule has 0 atom stereocenters. The summed E-state index contributed by atoms with van der Waals surface area (Å²) in [6, 6.07) is 6.56. The predicted molar refractivity (Wildman–Crippen MR) is 72.5 cm³/mol. The monoisotopic (exact) mass is 265 g/mol. The van der Waals surface area contributed by atoms with Crippen LogP contribution in [0.25, 0.3) is 0 Å². The zero-order valence-corrected chi connectivity index (χ0v) is 10.9. The summed E-state index contributed by atoms with van der Waals surface area (Å²) < 4.78 is 10.1. The van der Waals surface area contributed by atoms with E-state index in [0.717, 1.165) is 0 Å². The largest absolute Gasteiger partial charge is 0.384 e. The van der Waals surface area contributed by atoms with E-state index in [-0.39, 0.29) is 11.7 Å². The number of ether oxygens (including phenoxy) is 2. The fourth-order valence-corrected chi connectivity index (χ4v) is 1.38. The van der Waals surface area contributed by atoms with Crippen molar-refractivity contribution in [3.05, 3.63) is 35.4 Å². The fourth-order valence-electron chi connectivity index (χ4n) is 1.38. The van der Waals surface area contributed by atoms with Gasteiger partial charge >= 0.3 is 0 Å². The highest BCUT2D eigenvalue weighted by Crippen LogP contribution is 2.03. The second kappa shape index (κ2) is 8.23. The number of carbonyl (C=O) groups excluding carboxylic acids is 1. The van der Waals surface area contributed by atoms with Gasteiger partial charge < -0.3 is 20.5 Å². The first-order chi connectivity index (χ1) is 9.15. The highest BCUT2D eigenvalue weighted by atomic mass is 16.5. The Morgan fingerprint density at radius 1 is 1.21 bits per heavy atom. The number of nitrogen functional groups attached to an aromatic ring is 1. The molecule has 104 valence electrons. The Kier molecular flexibility index (Phi) is 6.56. The van der Waals surface area contributed by atoms with E-state index in [1.165, 1.54) is 0 Å². The number of hydrogen-bond donors (Lipinski definition) is 3. The Hall–Kier alpha value is -1.92. The number of amidine groups is 1. The van der Waals surface area contributed by atoms with Crippen molar-refractivity contribution in [2.24, 2.45) is 5.73 Å². The number of nitrogens with one attached hydrogen (secondary N) is 2. The number of amides is 1. The average Bonchev–Trinajstić information content (AvgIpc) is 2.42. The summed E-state index contributed by atoms with van der Waals surface area (Å²) in [6.07, 6.45) is 0. The van der Waals surface area contributed by atoms with Crippen LogP contribution in [0.1, 0.15) is 15.9 Å². The van der Waals surface area contributed by atoms with Crippen LogP contribution in [0, 0.1) is 5.41 Å². The van der Waals surface area contributed by atoms with Gasteiger partial charge in [-0.1, -0.05) is 12.1 Å². The molecule has 0 aliphatic carbocycles. The molecule has 0 spiro atoms. The Labute approximate surface area is 112 Å². The van der Waals surface area contributed by atoms with E-state index in [4.69, 9.17) is 20.6 Å². The second-order valence-corrected chi connectivity index (χ2v) is 3.85. The molecule has 0 fully saturated rings. The molecule has 0 saturated carbocycles. The first-order valence-electron chi connectivity index (χ1n) is 5.94. The summed E-state index contributed by atoms with van der Waals surface area (Å²) in [5.74, 6) is -0.191. The zero-order chi connectivity index (χ0) is 14.1. The van der Waals surface area contributed by atoms with Crippen LogP contribution in [0.4, 0.5) is 0 Å². The van der Waals surface area contributed by atoms with E-state index in [1.807, 2.05) is 0 Å². The van der Waals surface area contributed by atoms with Crippen molar-refractivity contribution >= 4 is 11.7 Å². The third-order valence-electron chi connectivity index (χ3n) is 2.42. The van der Waals surface area contributed by atoms with Crippen LogP contribution >= 0.6 is 0 Å². The van der Waals surface area contributed by atoms with E-state index in [2.05, 4.69) is 5.32 Å². The van der Waals surface area contributed by atoms with Crippen LogP contribution < -0.4 is 11.1 Å². The summed E-state index contributed by atoms with van der Waals surface area (Å²) in [6.45, 7) is 1.94. The van der Waals surface area contributed by atoms with Crippen molar-refractivity contribution in [1.29, 1.82) is 5.41 Å². The lowest BCUT2D eigenvalue weighted by molar-refractivity contribution is 0.0692. The summed E-state index contributed by atoms with van der Waals surface area (Å²) >= 11 is 0. The van der Waals surface area contributed by atoms with E-state index in [0.29, 0.717) is 37.5 Å². The van der Waals surface area contributed by atoms with Gasteiger partial charge in [0, 0.05) is 24.8 Å². The highest BCUT2D eigenvalue weighted by Gasteiger charge is 2.05. The molecule has 0 unspecified atom stereocenters. The van der Waals surface area contributed by atoms with Gasteiger partial charge in [-0.3, -0.25) is 10.2 Å². The third-order valence-corrected chi connectivity index (χ3v) is 2.42. The molecule has 6 heteroatoms. The van der Waals surface area contributed by atoms with Crippen LogP contribution in [-0.2, 0) is 9.47 Å². The molecule has 4 N–H and O–H groups in total. The van der Waals surface area contributed by atoms with Gasteiger partial charge in [0.15, 0.2) is 0 Å². The number of rotatable bonds is 8. The molecule has 6 nitrogen and oxygen atoms in total.